The number of ether oxygens (including phenoxy) is 1. The lowest BCUT2D eigenvalue weighted by molar-refractivity contribution is 0.468. The number of anilines is 1. The maximum Gasteiger partial charge on any atom is 0.295 e. The zero-order chi connectivity index (χ0) is 12.4. The van der Waals surface area contributed by atoms with Crippen molar-refractivity contribution in [2.45, 2.75) is 6.92 Å². The van der Waals surface area contributed by atoms with Gasteiger partial charge in [0.15, 0.2) is 5.95 Å². The third-order valence-electron chi connectivity index (χ3n) is 2.14. The molecule has 0 atom stereocenters. The van der Waals surface area contributed by atoms with E-state index in [0.717, 1.165) is 5.56 Å². The molecule has 88 valence electrons. The van der Waals surface area contributed by atoms with Crippen LogP contribution in [0.1, 0.15) is 5.56 Å². The van der Waals surface area contributed by atoms with Crippen LogP contribution in [0.2, 0.25) is 5.02 Å². The van der Waals surface area contributed by atoms with Gasteiger partial charge < -0.3 is 10.5 Å². The number of hydrogen-bond donors (Lipinski definition) is 2. The lowest BCUT2D eigenvalue weighted by atomic mass is 10.2. The highest BCUT2D eigenvalue weighted by Crippen LogP contribution is 2.25. The molecular formula is C11H10ClN3O2. The fraction of sp³-hybridized carbons (Fsp3) is 0.0909. The maximum absolute atomic E-state index is 11.5. The molecule has 0 radical (unpaired) electrons. The first-order valence-electron chi connectivity index (χ1n) is 4.85. The number of hydrogen-bond acceptors (Lipinski definition) is 4. The molecule has 0 fully saturated rings. The molecule has 0 unspecified atom stereocenters. The molecule has 0 spiro atoms. The Balaban J connectivity index is 2.35. The number of nitrogens with two attached hydrogens (primary N) is 1. The second kappa shape index (κ2) is 4.47. The van der Waals surface area contributed by atoms with Gasteiger partial charge in [0, 0.05) is 5.02 Å². The highest BCUT2D eigenvalue weighted by atomic mass is 35.5. The molecule has 0 amide bonds. The van der Waals surface area contributed by atoms with Crippen LogP contribution in [0, 0.1) is 6.92 Å². The Morgan fingerprint density at radius 1 is 1.41 bits per heavy atom. The minimum atomic E-state index is -0.424. The summed E-state index contributed by atoms with van der Waals surface area (Å²) in [6.45, 7) is 1.83. The Hall–Kier alpha value is -2.01. The highest BCUT2D eigenvalue weighted by molar-refractivity contribution is 6.30. The Kier molecular flexibility index (Phi) is 3.01. The molecule has 3 N–H and O–H groups in total. The van der Waals surface area contributed by atoms with Crippen molar-refractivity contribution < 1.29 is 4.74 Å². The largest absolute Gasteiger partial charge is 0.450 e. The number of benzene rings is 1. The third-order valence-corrected chi connectivity index (χ3v) is 2.38. The molecule has 5 nitrogen and oxygen atoms in total. The first-order valence-corrected chi connectivity index (χ1v) is 5.23. The Labute approximate surface area is 102 Å². The predicted octanol–water partition coefficient (Wildman–Crippen LogP) is 2.11. The monoisotopic (exact) mass is 251 g/mol. The van der Waals surface area contributed by atoms with Gasteiger partial charge in [-0.1, -0.05) is 11.6 Å². The van der Waals surface area contributed by atoms with Crippen LogP contribution in [0.5, 0.6) is 11.5 Å². The van der Waals surface area contributed by atoms with Crippen LogP contribution in [0.3, 0.4) is 0 Å². The Morgan fingerprint density at radius 2 is 2.18 bits per heavy atom. The summed E-state index contributed by atoms with van der Waals surface area (Å²) in [5.41, 5.74) is 5.73. The maximum atomic E-state index is 11.5. The van der Waals surface area contributed by atoms with E-state index in [9.17, 15) is 4.79 Å². The number of nitrogens with zero attached hydrogens (tertiary/aromatic N) is 1. The Bertz CT molecular complexity index is 610. The number of aryl methyl sites for hydroxylation is 1. The van der Waals surface area contributed by atoms with E-state index < -0.39 is 5.56 Å². The van der Waals surface area contributed by atoms with E-state index >= 15 is 0 Å². The first kappa shape index (κ1) is 11.5. The number of aromatic amines is 1. The number of H-pyrrole nitrogens is 1. The summed E-state index contributed by atoms with van der Waals surface area (Å²) < 4.78 is 5.43. The van der Waals surface area contributed by atoms with Crippen LogP contribution in [-0.4, -0.2) is 9.97 Å². The molecule has 1 aromatic carbocycles. The van der Waals surface area contributed by atoms with Gasteiger partial charge in [-0.3, -0.25) is 9.78 Å². The molecule has 0 aliphatic carbocycles. The lowest BCUT2D eigenvalue weighted by Gasteiger charge is -2.07. The number of halogens is 1. The zero-order valence-corrected chi connectivity index (χ0v) is 9.78. The third kappa shape index (κ3) is 2.57. The molecule has 0 aliphatic heterocycles. The molecule has 2 aromatic rings. The highest BCUT2D eigenvalue weighted by Gasteiger charge is 2.06. The average molecular weight is 252 g/mol. The van der Waals surface area contributed by atoms with Crippen molar-refractivity contribution in [3.63, 3.8) is 0 Å². The second-order valence-corrected chi connectivity index (χ2v) is 3.91. The van der Waals surface area contributed by atoms with Crippen LogP contribution >= 0.6 is 11.6 Å². The van der Waals surface area contributed by atoms with Crippen molar-refractivity contribution in [1.29, 1.82) is 0 Å². The van der Waals surface area contributed by atoms with E-state index in [2.05, 4.69) is 9.97 Å². The van der Waals surface area contributed by atoms with Gasteiger partial charge in [0.05, 0.1) is 6.20 Å². The SMILES string of the molecule is Cc1cc(Cl)ccc1Oc1cnc(N)[nH]c1=O. The molecule has 0 bridgehead atoms. The van der Waals surface area contributed by atoms with Crippen molar-refractivity contribution in [2.24, 2.45) is 0 Å². The van der Waals surface area contributed by atoms with E-state index in [1.165, 1.54) is 6.20 Å². The Morgan fingerprint density at radius 3 is 2.82 bits per heavy atom. The van der Waals surface area contributed by atoms with Crippen molar-refractivity contribution >= 4 is 17.5 Å². The van der Waals surface area contributed by atoms with Gasteiger partial charge in [-0.25, -0.2) is 4.98 Å². The summed E-state index contributed by atoms with van der Waals surface area (Å²) in [4.78, 5) is 17.6. The van der Waals surface area contributed by atoms with Gasteiger partial charge in [-0.15, -0.1) is 0 Å². The summed E-state index contributed by atoms with van der Waals surface area (Å²) in [6.07, 6.45) is 1.28. The number of nitrogens with one attached hydrogen (secondary N) is 1. The average Bonchev–Trinajstić information content (AvgIpc) is 2.25. The summed E-state index contributed by atoms with van der Waals surface area (Å²) >= 11 is 5.82. The number of rotatable bonds is 2. The van der Waals surface area contributed by atoms with E-state index in [1.807, 2.05) is 6.92 Å². The second-order valence-electron chi connectivity index (χ2n) is 3.47. The van der Waals surface area contributed by atoms with E-state index in [4.69, 9.17) is 22.1 Å². The van der Waals surface area contributed by atoms with Gasteiger partial charge in [0.25, 0.3) is 5.56 Å². The van der Waals surface area contributed by atoms with Gasteiger partial charge in [-0.05, 0) is 30.7 Å². The predicted molar refractivity (Wildman–Crippen MR) is 65.5 cm³/mol. The van der Waals surface area contributed by atoms with E-state index in [0.29, 0.717) is 10.8 Å². The minimum Gasteiger partial charge on any atom is -0.450 e. The van der Waals surface area contributed by atoms with Crippen molar-refractivity contribution in [3.8, 4) is 11.5 Å². The normalized spacial score (nSPS) is 10.2. The summed E-state index contributed by atoms with van der Waals surface area (Å²) in [6, 6.07) is 5.12. The molecular weight excluding hydrogens is 242 g/mol. The smallest absolute Gasteiger partial charge is 0.295 e. The quantitative estimate of drug-likeness (QED) is 0.857. The summed E-state index contributed by atoms with van der Waals surface area (Å²) in [5, 5.41) is 0.610. The summed E-state index contributed by atoms with van der Waals surface area (Å²) in [7, 11) is 0. The van der Waals surface area contributed by atoms with Crippen molar-refractivity contribution in [3.05, 3.63) is 45.3 Å². The van der Waals surface area contributed by atoms with E-state index in [1.54, 1.807) is 18.2 Å². The fourth-order valence-corrected chi connectivity index (χ4v) is 1.54. The lowest BCUT2D eigenvalue weighted by Crippen LogP contribution is -2.12. The molecule has 0 aliphatic rings. The van der Waals surface area contributed by atoms with Crippen LogP contribution < -0.4 is 16.0 Å². The van der Waals surface area contributed by atoms with Gasteiger partial charge in [0.1, 0.15) is 5.75 Å². The summed E-state index contributed by atoms with van der Waals surface area (Å²) in [5.74, 6) is 0.686. The van der Waals surface area contributed by atoms with Crippen molar-refractivity contribution in [2.75, 3.05) is 5.73 Å². The van der Waals surface area contributed by atoms with Gasteiger partial charge >= 0.3 is 0 Å². The molecule has 0 saturated heterocycles. The first-order chi connectivity index (χ1) is 8.06. The van der Waals surface area contributed by atoms with Crippen LogP contribution in [-0.2, 0) is 0 Å². The standard InChI is InChI=1S/C11H10ClN3O2/c1-6-4-7(12)2-3-8(6)17-9-5-14-11(13)15-10(9)16/h2-5H,1H3,(H3,13,14,15,16). The molecule has 0 saturated carbocycles. The molecule has 1 heterocycles. The number of nitrogen functional groups attached to an aromatic ring is 1. The molecule has 17 heavy (non-hydrogen) atoms. The van der Waals surface area contributed by atoms with Crippen LogP contribution in [0.4, 0.5) is 5.95 Å². The molecule has 2 rings (SSSR count). The van der Waals surface area contributed by atoms with Gasteiger partial charge in [0.2, 0.25) is 5.75 Å². The molecule has 6 heteroatoms. The van der Waals surface area contributed by atoms with E-state index in [-0.39, 0.29) is 11.7 Å². The van der Waals surface area contributed by atoms with Crippen LogP contribution in [0.15, 0.2) is 29.2 Å². The molecule has 1 aromatic heterocycles. The number of aromatic nitrogens is 2. The zero-order valence-electron chi connectivity index (χ0n) is 9.03. The van der Waals surface area contributed by atoms with Gasteiger partial charge in [-0.2, -0.15) is 0 Å². The topological polar surface area (TPSA) is 81.0 Å². The van der Waals surface area contributed by atoms with Crippen molar-refractivity contribution in [1.82, 2.24) is 9.97 Å². The fourth-order valence-electron chi connectivity index (χ4n) is 1.32. The minimum absolute atomic E-state index is 0.0511. The van der Waals surface area contributed by atoms with Crippen LogP contribution in [0.25, 0.3) is 0 Å².